The van der Waals surface area contributed by atoms with Crippen molar-refractivity contribution in [3.05, 3.63) is 35.6 Å². The van der Waals surface area contributed by atoms with Gasteiger partial charge < -0.3 is 15.1 Å². The van der Waals surface area contributed by atoms with Gasteiger partial charge in [0.15, 0.2) is 0 Å². The van der Waals surface area contributed by atoms with Gasteiger partial charge in [-0.25, -0.2) is 0 Å². The number of nitrogens with one attached hydrogen (secondary N) is 2. The molecule has 2 aromatic rings. The summed E-state index contributed by atoms with van der Waals surface area (Å²) in [5, 5.41) is 8.14. The highest BCUT2D eigenvalue weighted by Gasteiger charge is 2.06. The molecule has 0 aliphatic carbocycles. The monoisotopic (exact) mass is 274 g/mol. The fourth-order valence-electron chi connectivity index (χ4n) is 2.24. The molecule has 0 saturated carbocycles. The molecule has 3 heteroatoms. The van der Waals surface area contributed by atoms with Crippen LogP contribution in [0.3, 0.4) is 0 Å². The summed E-state index contributed by atoms with van der Waals surface area (Å²) in [6.07, 6.45) is 0. The molecule has 20 heavy (non-hydrogen) atoms. The van der Waals surface area contributed by atoms with Gasteiger partial charge in [-0.15, -0.1) is 0 Å². The maximum atomic E-state index is 5.83. The summed E-state index contributed by atoms with van der Waals surface area (Å²) >= 11 is 0. The van der Waals surface area contributed by atoms with Gasteiger partial charge in [0.1, 0.15) is 11.3 Å². The molecule has 110 valence electrons. The number of benzene rings is 1. The fourth-order valence-corrected chi connectivity index (χ4v) is 2.24. The van der Waals surface area contributed by atoms with Crippen LogP contribution in [0.15, 0.2) is 28.7 Å². The first kappa shape index (κ1) is 15.1. The molecule has 1 atom stereocenters. The normalized spacial score (nSPS) is 13.2. The van der Waals surface area contributed by atoms with E-state index in [0.29, 0.717) is 12.0 Å². The summed E-state index contributed by atoms with van der Waals surface area (Å²) in [5.74, 6) is 1.70. The van der Waals surface area contributed by atoms with Crippen LogP contribution < -0.4 is 10.6 Å². The van der Waals surface area contributed by atoms with Crippen LogP contribution in [0.2, 0.25) is 0 Å². The minimum atomic E-state index is 0.434. The summed E-state index contributed by atoms with van der Waals surface area (Å²) < 4.78 is 5.83. The first-order valence-corrected chi connectivity index (χ1v) is 7.48. The molecular formula is C17H26N2O. The predicted molar refractivity (Wildman–Crippen MR) is 85.0 cm³/mol. The minimum Gasteiger partial charge on any atom is -0.460 e. The van der Waals surface area contributed by atoms with Crippen LogP contribution in [0.4, 0.5) is 0 Å². The minimum absolute atomic E-state index is 0.434. The van der Waals surface area contributed by atoms with Gasteiger partial charge in [-0.1, -0.05) is 25.5 Å². The zero-order valence-electron chi connectivity index (χ0n) is 13.0. The van der Waals surface area contributed by atoms with Crippen LogP contribution in [0.5, 0.6) is 0 Å². The Morgan fingerprint density at radius 3 is 2.65 bits per heavy atom. The second kappa shape index (κ2) is 6.91. The van der Waals surface area contributed by atoms with Gasteiger partial charge >= 0.3 is 0 Å². The second-order valence-electron chi connectivity index (χ2n) is 6.09. The zero-order chi connectivity index (χ0) is 14.5. The van der Waals surface area contributed by atoms with Crippen LogP contribution in [-0.4, -0.2) is 19.1 Å². The Labute approximate surface area is 121 Å². The smallest absolute Gasteiger partial charge is 0.134 e. The molecule has 1 aromatic heterocycles. The largest absolute Gasteiger partial charge is 0.460 e. The van der Waals surface area contributed by atoms with Crippen molar-refractivity contribution in [2.24, 2.45) is 5.92 Å². The molecule has 0 radical (unpaired) electrons. The topological polar surface area (TPSA) is 37.2 Å². The highest BCUT2D eigenvalue weighted by atomic mass is 16.3. The Bertz CT molecular complexity index is 545. The number of fused-ring (bicyclic) bond motifs is 1. The van der Waals surface area contributed by atoms with Crippen molar-refractivity contribution in [2.75, 3.05) is 13.1 Å². The van der Waals surface area contributed by atoms with E-state index in [9.17, 15) is 0 Å². The molecular weight excluding hydrogens is 248 g/mol. The molecule has 0 fully saturated rings. The molecule has 1 heterocycles. The molecule has 0 aliphatic heterocycles. The molecule has 0 amide bonds. The highest BCUT2D eigenvalue weighted by Crippen LogP contribution is 2.20. The van der Waals surface area contributed by atoms with Crippen molar-refractivity contribution in [3.8, 4) is 0 Å². The molecule has 0 aliphatic rings. The van der Waals surface area contributed by atoms with Crippen molar-refractivity contribution in [3.63, 3.8) is 0 Å². The van der Waals surface area contributed by atoms with Crippen molar-refractivity contribution >= 4 is 11.0 Å². The number of hydrogen-bond donors (Lipinski definition) is 2. The SMILES string of the molecule is Cc1ccc2oc(CNC(C)CNCC(C)C)cc2c1. The number of aryl methyl sites for hydroxylation is 1. The lowest BCUT2D eigenvalue weighted by atomic mass is 10.2. The Morgan fingerprint density at radius 2 is 1.90 bits per heavy atom. The van der Waals surface area contributed by atoms with Crippen molar-refractivity contribution in [1.29, 1.82) is 0 Å². The average Bonchev–Trinajstić information content (AvgIpc) is 2.77. The van der Waals surface area contributed by atoms with E-state index >= 15 is 0 Å². The summed E-state index contributed by atoms with van der Waals surface area (Å²) in [7, 11) is 0. The summed E-state index contributed by atoms with van der Waals surface area (Å²) in [6, 6.07) is 8.85. The Kier molecular flexibility index (Phi) is 5.21. The quantitative estimate of drug-likeness (QED) is 0.812. The Hall–Kier alpha value is -1.32. The van der Waals surface area contributed by atoms with Crippen molar-refractivity contribution in [2.45, 2.75) is 40.3 Å². The van der Waals surface area contributed by atoms with Crippen LogP contribution >= 0.6 is 0 Å². The molecule has 0 saturated heterocycles. The summed E-state index contributed by atoms with van der Waals surface area (Å²) in [4.78, 5) is 0. The van der Waals surface area contributed by atoms with Crippen LogP contribution in [-0.2, 0) is 6.54 Å². The highest BCUT2D eigenvalue weighted by molar-refractivity contribution is 5.78. The van der Waals surface area contributed by atoms with E-state index in [1.165, 1.54) is 10.9 Å². The fraction of sp³-hybridized carbons (Fsp3) is 0.529. The van der Waals surface area contributed by atoms with Gasteiger partial charge in [0.2, 0.25) is 0 Å². The van der Waals surface area contributed by atoms with Gasteiger partial charge in [0.05, 0.1) is 6.54 Å². The first-order valence-electron chi connectivity index (χ1n) is 7.48. The third kappa shape index (κ3) is 4.36. The second-order valence-corrected chi connectivity index (χ2v) is 6.09. The summed E-state index contributed by atoms with van der Waals surface area (Å²) in [5.41, 5.74) is 2.24. The molecule has 0 bridgehead atoms. The van der Waals surface area contributed by atoms with Gasteiger partial charge in [-0.3, -0.25) is 0 Å². The average molecular weight is 274 g/mol. The standard InChI is InChI=1S/C17H26N2O/c1-12(2)9-18-10-14(4)19-11-16-8-15-7-13(3)5-6-17(15)20-16/h5-8,12,14,18-19H,9-11H2,1-4H3. The zero-order valence-corrected chi connectivity index (χ0v) is 13.0. The van der Waals surface area contributed by atoms with E-state index in [4.69, 9.17) is 4.42 Å². The van der Waals surface area contributed by atoms with Gasteiger partial charge in [0.25, 0.3) is 0 Å². The van der Waals surface area contributed by atoms with E-state index < -0.39 is 0 Å². The van der Waals surface area contributed by atoms with Gasteiger partial charge in [-0.2, -0.15) is 0 Å². The maximum Gasteiger partial charge on any atom is 0.134 e. The molecule has 1 aromatic carbocycles. The molecule has 0 spiro atoms. The van der Waals surface area contributed by atoms with E-state index in [-0.39, 0.29) is 0 Å². The number of furan rings is 1. The summed E-state index contributed by atoms with van der Waals surface area (Å²) in [6.45, 7) is 11.6. The first-order chi connectivity index (χ1) is 9.54. The lowest BCUT2D eigenvalue weighted by Gasteiger charge is -2.14. The Balaban J connectivity index is 1.83. The van der Waals surface area contributed by atoms with Crippen molar-refractivity contribution in [1.82, 2.24) is 10.6 Å². The number of rotatable bonds is 7. The van der Waals surface area contributed by atoms with E-state index in [0.717, 1.165) is 31.0 Å². The molecule has 2 N–H and O–H groups in total. The van der Waals surface area contributed by atoms with Gasteiger partial charge in [0, 0.05) is 18.0 Å². The Morgan fingerprint density at radius 1 is 1.10 bits per heavy atom. The third-order valence-corrected chi connectivity index (χ3v) is 3.35. The lowest BCUT2D eigenvalue weighted by molar-refractivity contribution is 0.443. The molecule has 2 rings (SSSR count). The molecule has 3 nitrogen and oxygen atoms in total. The number of hydrogen-bond acceptors (Lipinski definition) is 3. The predicted octanol–water partition coefficient (Wildman–Crippen LogP) is 3.46. The maximum absolute atomic E-state index is 5.83. The van der Waals surface area contributed by atoms with Crippen LogP contribution in [0.1, 0.15) is 32.1 Å². The van der Waals surface area contributed by atoms with E-state index in [1.54, 1.807) is 0 Å². The third-order valence-electron chi connectivity index (χ3n) is 3.35. The van der Waals surface area contributed by atoms with Crippen LogP contribution in [0, 0.1) is 12.8 Å². The van der Waals surface area contributed by atoms with E-state index in [2.05, 4.69) is 56.5 Å². The van der Waals surface area contributed by atoms with Gasteiger partial charge in [-0.05, 0) is 44.5 Å². The van der Waals surface area contributed by atoms with Crippen molar-refractivity contribution < 1.29 is 4.42 Å². The molecule has 1 unspecified atom stereocenters. The lowest BCUT2D eigenvalue weighted by Crippen LogP contribution is -2.37. The van der Waals surface area contributed by atoms with E-state index in [1.807, 2.05) is 6.07 Å². The van der Waals surface area contributed by atoms with Crippen LogP contribution in [0.25, 0.3) is 11.0 Å².